The van der Waals surface area contributed by atoms with Crippen molar-refractivity contribution in [2.75, 3.05) is 25.6 Å². The van der Waals surface area contributed by atoms with E-state index in [2.05, 4.69) is 16.0 Å². The fraction of sp³-hybridized carbons (Fsp3) is 0.346. The molecule has 2 aromatic rings. The molecule has 0 bridgehead atoms. The van der Waals surface area contributed by atoms with E-state index in [0.29, 0.717) is 40.4 Å². The third-order valence-corrected chi connectivity index (χ3v) is 5.37. The van der Waals surface area contributed by atoms with Crippen LogP contribution in [0, 0.1) is 0 Å². The molecule has 0 radical (unpaired) electrons. The maximum absolute atomic E-state index is 12.8. The van der Waals surface area contributed by atoms with Gasteiger partial charge in [-0.1, -0.05) is 37.6 Å². The Labute approximate surface area is 204 Å². The van der Waals surface area contributed by atoms with E-state index in [-0.39, 0.29) is 19.1 Å². The number of para-hydroxylation sites is 1. The monoisotopic (exact) mass is 481 g/mol. The Bertz CT molecular complexity index is 1080. The maximum atomic E-state index is 12.8. The van der Waals surface area contributed by atoms with Gasteiger partial charge in [-0.15, -0.1) is 0 Å². The van der Waals surface area contributed by atoms with Gasteiger partial charge in [0.1, 0.15) is 0 Å². The van der Waals surface area contributed by atoms with Gasteiger partial charge >= 0.3 is 12.0 Å². The van der Waals surface area contributed by atoms with Gasteiger partial charge in [0.25, 0.3) is 5.91 Å². The third kappa shape index (κ3) is 6.75. The maximum Gasteiger partial charge on any atom is 0.338 e. The molecular formula is C26H31N3O6. The van der Waals surface area contributed by atoms with Crippen molar-refractivity contribution in [3.63, 3.8) is 0 Å². The second-order valence-electron chi connectivity index (χ2n) is 7.86. The molecule has 0 aliphatic carbocycles. The number of carbonyl (C=O) groups excluding carboxylic acids is 3. The van der Waals surface area contributed by atoms with Gasteiger partial charge < -0.3 is 30.2 Å². The van der Waals surface area contributed by atoms with Crippen LogP contribution in [0.1, 0.15) is 44.7 Å². The Morgan fingerprint density at radius 3 is 2.51 bits per heavy atom. The van der Waals surface area contributed by atoms with E-state index in [9.17, 15) is 14.4 Å². The zero-order chi connectivity index (χ0) is 25.2. The Balaban J connectivity index is 1.83. The smallest absolute Gasteiger partial charge is 0.338 e. The summed E-state index contributed by atoms with van der Waals surface area (Å²) in [7, 11) is 1.48. The molecule has 1 aliphatic rings. The SMILES string of the molecule is CCCCC1=C(C(=O)OCC)C(c2ccc(OCC(=O)Nc3ccccc3)c(OC)c2)NC(=O)N1. The summed E-state index contributed by atoms with van der Waals surface area (Å²) in [4.78, 5) is 37.5. The van der Waals surface area contributed by atoms with Crippen LogP contribution in [0.5, 0.6) is 11.5 Å². The van der Waals surface area contributed by atoms with Crippen LogP contribution in [0.2, 0.25) is 0 Å². The highest BCUT2D eigenvalue weighted by molar-refractivity contribution is 5.95. The highest BCUT2D eigenvalue weighted by atomic mass is 16.5. The van der Waals surface area contributed by atoms with Crippen molar-refractivity contribution in [3.8, 4) is 11.5 Å². The van der Waals surface area contributed by atoms with Crippen LogP contribution < -0.4 is 25.4 Å². The Morgan fingerprint density at radius 2 is 1.83 bits per heavy atom. The number of hydrogen-bond donors (Lipinski definition) is 3. The Morgan fingerprint density at radius 1 is 1.06 bits per heavy atom. The van der Waals surface area contributed by atoms with Gasteiger partial charge in [0, 0.05) is 11.4 Å². The summed E-state index contributed by atoms with van der Waals surface area (Å²) >= 11 is 0. The molecule has 1 atom stereocenters. The summed E-state index contributed by atoms with van der Waals surface area (Å²) in [5.41, 5.74) is 2.20. The van der Waals surface area contributed by atoms with Gasteiger partial charge in [-0.05, 0) is 49.6 Å². The van der Waals surface area contributed by atoms with Gasteiger partial charge in [-0.3, -0.25) is 4.79 Å². The molecule has 1 unspecified atom stereocenters. The fourth-order valence-corrected chi connectivity index (χ4v) is 3.71. The van der Waals surface area contributed by atoms with E-state index in [0.717, 1.165) is 12.8 Å². The lowest BCUT2D eigenvalue weighted by atomic mass is 9.93. The average Bonchev–Trinajstić information content (AvgIpc) is 2.86. The first kappa shape index (κ1) is 25.6. The lowest BCUT2D eigenvalue weighted by molar-refractivity contribution is -0.139. The summed E-state index contributed by atoms with van der Waals surface area (Å²) in [6.45, 7) is 3.76. The average molecular weight is 482 g/mol. The number of ether oxygens (including phenoxy) is 3. The molecule has 0 fully saturated rings. The van der Waals surface area contributed by atoms with E-state index in [1.807, 2.05) is 25.1 Å². The molecule has 1 heterocycles. The second-order valence-corrected chi connectivity index (χ2v) is 7.86. The van der Waals surface area contributed by atoms with Gasteiger partial charge in [-0.25, -0.2) is 9.59 Å². The van der Waals surface area contributed by atoms with Crippen LogP contribution in [0.3, 0.4) is 0 Å². The minimum absolute atomic E-state index is 0.213. The molecule has 0 saturated carbocycles. The molecule has 1 aliphatic heterocycles. The number of allylic oxidation sites excluding steroid dienone is 1. The quantitative estimate of drug-likeness (QED) is 0.417. The summed E-state index contributed by atoms with van der Waals surface area (Å²) in [6, 6.07) is 13.0. The number of methoxy groups -OCH3 is 1. The summed E-state index contributed by atoms with van der Waals surface area (Å²) < 4.78 is 16.4. The highest BCUT2D eigenvalue weighted by Gasteiger charge is 2.34. The van der Waals surface area contributed by atoms with Crippen molar-refractivity contribution in [2.45, 2.75) is 39.2 Å². The molecular weight excluding hydrogens is 450 g/mol. The molecule has 3 rings (SSSR count). The van der Waals surface area contributed by atoms with Crippen molar-refractivity contribution in [1.82, 2.24) is 10.6 Å². The van der Waals surface area contributed by atoms with Crippen LogP contribution in [-0.2, 0) is 14.3 Å². The van der Waals surface area contributed by atoms with Gasteiger partial charge in [-0.2, -0.15) is 0 Å². The molecule has 35 heavy (non-hydrogen) atoms. The largest absolute Gasteiger partial charge is 0.493 e. The van der Waals surface area contributed by atoms with Crippen molar-refractivity contribution in [2.24, 2.45) is 0 Å². The highest BCUT2D eigenvalue weighted by Crippen LogP contribution is 2.35. The van der Waals surface area contributed by atoms with E-state index in [1.165, 1.54) is 7.11 Å². The van der Waals surface area contributed by atoms with Gasteiger partial charge in [0.2, 0.25) is 0 Å². The molecule has 2 aromatic carbocycles. The van der Waals surface area contributed by atoms with Crippen LogP contribution in [-0.4, -0.2) is 38.2 Å². The van der Waals surface area contributed by atoms with Crippen LogP contribution in [0.15, 0.2) is 59.8 Å². The number of carbonyl (C=O) groups is 3. The molecule has 3 amide bonds. The number of benzene rings is 2. The van der Waals surface area contributed by atoms with E-state index in [4.69, 9.17) is 14.2 Å². The minimum atomic E-state index is -0.723. The van der Waals surface area contributed by atoms with Gasteiger partial charge in [0.05, 0.1) is 25.3 Å². The van der Waals surface area contributed by atoms with Gasteiger partial charge in [0.15, 0.2) is 18.1 Å². The number of unbranched alkanes of at least 4 members (excludes halogenated alkanes) is 1. The number of urea groups is 1. The van der Waals surface area contributed by atoms with Crippen LogP contribution >= 0.6 is 0 Å². The summed E-state index contributed by atoms with van der Waals surface area (Å²) in [6.07, 6.45) is 2.26. The minimum Gasteiger partial charge on any atom is -0.493 e. The number of anilines is 1. The first-order valence-corrected chi connectivity index (χ1v) is 11.6. The zero-order valence-electron chi connectivity index (χ0n) is 20.2. The summed E-state index contributed by atoms with van der Waals surface area (Å²) in [5.74, 6) is -0.0947. The van der Waals surface area contributed by atoms with E-state index >= 15 is 0 Å². The first-order valence-electron chi connectivity index (χ1n) is 11.6. The van der Waals surface area contributed by atoms with Crippen LogP contribution in [0.25, 0.3) is 0 Å². The molecule has 3 N–H and O–H groups in total. The number of amides is 3. The second kappa shape index (κ2) is 12.5. The lowest BCUT2D eigenvalue weighted by Gasteiger charge is -2.29. The number of esters is 1. The van der Waals surface area contributed by atoms with Crippen molar-refractivity contribution in [1.29, 1.82) is 0 Å². The topological polar surface area (TPSA) is 115 Å². The predicted octanol–water partition coefficient (Wildman–Crippen LogP) is 4.07. The van der Waals surface area contributed by atoms with E-state index in [1.54, 1.807) is 37.3 Å². The molecule has 9 heteroatoms. The molecule has 9 nitrogen and oxygen atoms in total. The predicted molar refractivity (Wildman–Crippen MR) is 131 cm³/mol. The third-order valence-electron chi connectivity index (χ3n) is 5.37. The van der Waals surface area contributed by atoms with Crippen molar-refractivity contribution in [3.05, 3.63) is 65.4 Å². The number of hydrogen-bond acceptors (Lipinski definition) is 6. The summed E-state index contributed by atoms with van der Waals surface area (Å²) in [5, 5.41) is 8.32. The lowest BCUT2D eigenvalue weighted by Crippen LogP contribution is -2.46. The molecule has 0 saturated heterocycles. The number of nitrogens with one attached hydrogen (secondary N) is 3. The molecule has 0 aromatic heterocycles. The number of rotatable bonds is 11. The normalized spacial score (nSPS) is 15.1. The standard InChI is InChI=1S/C26H31N3O6/c1-4-6-12-19-23(25(31)34-5-2)24(29-26(32)28-19)17-13-14-20(21(15-17)33-3)35-16-22(30)27-18-10-8-7-9-11-18/h7-11,13-15,24H,4-6,12,16H2,1-3H3,(H,27,30)(H2,28,29,32). The Hall–Kier alpha value is -4.01. The Kier molecular flexibility index (Phi) is 9.11. The zero-order valence-corrected chi connectivity index (χ0v) is 20.2. The van der Waals surface area contributed by atoms with Crippen molar-refractivity contribution < 1.29 is 28.6 Å². The molecule has 0 spiro atoms. The molecule has 186 valence electrons. The first-order chi connectivity index (χ1) is 17.0. The van der Waals surface area contributed by atoms with Crippen molar-refractivity contribution >= 4 is 23.6 Å². The fourth-order valence-electron chi connectivity index (χ4n) is 3.71. The van der Waals surface area contributed by atoms with E-state index < -0.39 is 18.0 Å². The van der Waals surface area contributed by atoms with Crippen LogP contribution in [0.4, 0.5) is 10.5 Å².